The fraction of sp³-hybridized carbons (Fsp3) is 0.320. The number of fused-ring (bicyclic) bond motifs is 1. The lowest BCUT2D eigenvalue weighted by molar-refractivity contribution is 0.139. The van der Waals surface area contributed by atoms with E-state index in [4.69, 9.17) is 15.6 Å². The lowest BCUT2D eigenvalue weighted by atomic mass is 10.0. The molecule has 1 aliphatic heterocycles. The molecule has 0 aliphatic carbocycles. The molecule has 2 aromatic heterocycles. The van der Waals surface area contributed by atoms with Crippen molar-refractivity contribution in [2.75, 3.05) is 18.8 Å². The average Bonchev–Trinajstić information content (AvgIpc) is 3.21. The minimum Gasteiger partial charge on any atom is -0.457 e. The minimum absolute atomic E-state index is 0.261. The summed E-state index contributed by atoms with van der Waals surface area (Å²) in [5.41, 5.74) is 8.88. The van der Waals surface area contributed by atoms with Crippen molar-refractivity contribution in [3.8, 4) is 22.8 Å². The summed E-state index contributed by atoms with van der Waals surface area (Å²) in [5, 5.41) is 5.83. The van der Waals surface area contributed by atoms with Crippen molar-refractivity contribution >= 4 is 16.9 Å². The summed E-state index contributed by atoms with van der Waals surface area (Å²) in [6, 6.07) is 18.5. The van der Waals surface area contributed by atoms with Gasteiger partial charge in [0.05, 0.1) is 11.4 Å². The standard InChI is InChI=1S/C25H28N6O/c1-17(2)30-14-6-7-19(15-30)31-25-22(24(26)27-16-28-25)23(29-31)18-10-12-21(13-11-18)32-20-8-4-3-5-9-20/h3-5,8-13,16-17,19H,6-7,14-15H2,1-2H3,(H2,26,27,28). The smallest absolute Gasteiger partial charge is 0.164 e. The van der Waals surface area contributed by atoms with E-state index in [0.717, 1.165) is 59.7 Å². The van der Waals surface area contributed by atoms with Crippen molar-refractivity contribution in [1.29, 1.82) is 0 Å². The van der Waals surface area contributed by atoms with Gasteiger partial charge in [-0.15, -0.1) is 0 Å². The Bertz CT molecular complexity index is 1200. The van der Waals surface area contributed by atoms with Crippen LogP contribution in [-0.2, 0) is 0 Å². The van der Waals surface area contributed by atoms with E-state index in [0.29, 0.717) is 11.9 Å². The van der Waals surface area contributed by atoms with Crippen LogP contribution in [0.25, 0.3) is 22.3 Å². The van der Waals surface area contributed by atoms with Gasteiger partial charge in [-0.05, 0) is 69.6 Å². The van der Waals surface area contributed by atoms with Crippen LogP contribution in [-0.4, -0.2) is 43.8 Å². The van der Waals surface area contributed by atoms with Crippen LogP contribution in [0.4, 0.5) is 5.82 Å². The van der Waals surface area contributed by atoms with Gasteiger partial charge in [0.1, 0.15) is 29.3 Å². The number of para-hydroxylation sites is 1. The van der Waals surface area contributed by atoms with Gasteiger partial charge in [-0.25, -0.2) is 14.6 Å². The number of hydrogen-bond acceptors (Lipinski definition) is 6. The SMILES string of the molecule is CC(C)N1CCCC(n2nc(-c3ccc(Oc4ccccc4)cc3)c3c(N)ncnc32)C1. The Morgan fingerprint density at radius 1 is 1.00 bits per heavy atom. The number of aromatic nitrogens is 4. The van der Waals surface area contributed by atoms with Crippen LogP contribution in [0.15, 0.2) is 60.9 Å². The van der Waals surface area contributed by atoms with E-state index in [1.807, 2.05) is 54.6 Å². The van der Waals surface area contributed by atoms with Crippen LogP contribution in [0.1, 0.15) is 32.7 Å². The van der Waals surface area contributed by atoms with Crippen molar-refractivity contribution < 1.29 is 4.74 Å². The fourth-order valence-electron chi connectivity index (χ4n) is 4.41. The van der Waals surface area contributed by atoms with Crippen LogP contribution in [0, 0.1) is 0 Å². The highest BCUT2D eigenvalue weighted by molar-refractivity contribution is 5.98. The second-order valence-electron chi connectivity index (χ2n) is 8.57. The van der Waals surface area contributed by atoms with Gasteiger partial charge in [-0.2, -0.15) is 5.10 Å². The number of ether oxygens (including phenoxy) is 1. The molecule has 5 rings (SSSR count). The molecule has 2 N–H and O–H groups in total. The van der Waals surface area contributed by atoms with Crippen LogP contribution >= 0.6 is 0 Å². The van der Waals surface area contributed by atoms with Crippen LogP contribution < -0.4 is 10.5 Å². The van der Waals surface area contributed by atoms with Crippen molar-refractivity contribution in [2.24, 2.45) is 0 Å². The quantitative estimate of drug-likeness (QED) is 0.486. The van der Waals surface area contributed by atoms with Crippen molar-refractivity contribution in [3.05, 3.63) is 60.9 Å². The monoisotopic (exact) mass is 428 g/mol. The summed E-state index contributed by atoms with van der Waals surface area (Å²) < 4.78 is 8.00. The van der Waals surface area contributed by atoms with Gasteiger partial charge in [0.15, 0.2) is 5.65 Å². The molecule has 0 radical (unpaired) electrons. The number of anilines is 1. The first kappa shape index (κ1) is 20.5. The molecule has 3 heterocycles. The number of rotatable bonds is 5. The first-order chi connectivity index (χ1) is 15.6. The molecule has 1 fully saturated rings. The van der Waals surface area contributed by atoms with Gasteiger partial charge in [0.25, 0.3) is 0 Å². The molecule has 7 heteroatoms. The van der Waals surface area contributed by atoms with Crippen LogP contribution in [0.3, 0.4) is 0 Å². The maximum absolute atomic E-state index is 6.31. The zero-order valence-electron chi connectivity index (χ0n) is 18.5. The number of piperidine rings is 1. The van der Waals surface area contributed by atoms with Gasteiger partial charge in [-0.1, -0.05) is 18.2 Å². The largest absolute Gasteiger partial charge is 0.457 e. The molecule has 1 unspecified atom stereocenters. The summed E-state index contributed by atoms with van der Waals surface area (Å²) in [4.78, 5) is 11.3. The molecule has 0 bridgehead atoms. The lowest BCUT2D eigenvalue weighted by Crippen LogP contribution is -2.41. The number of likely N-dealkylation sites (tertiary alicyclic amines) is 1. The summed E-state index contributed by atoms with van der Waals surface area (Å²) in [5.74, 6) is 2.03. The van der Waals surface area contributed by atoms with E-state index in [1.54, 1.807) is 0 Å². The zero-order chi connectivity index (χ0) is 22.1. The first-order valence-corrected chi connectivity index (χ1v) is 11.2. The molecule has 32 heavy (non-hydrogen) atoms. The molecule has 1 saturated heterocycles. The minimum atomic E-state index is 0.261. The Hall–Kier alpha value is -3.45. The number of nitrogens with zero attached hydrogens (tertiary/aromatic N) is 5. The molecular formula is C25H28N6O. The van der Waals surface area contributed by atoms with E-state index >= 15 is 0 Å². The summed E-state index contributed by atoms with van der Waals surface area (Å²) >= 11 is 0. The van der Waals surface area contributed by atoms with E-state index < -0.39 is 0 Å². The van der Waals surface area contributed by atoms with Crippen molar-refractivity contribution in [2.45, 2.75) is 38.8 Å². The maximum Gasteiger partial charge on any atom is 0.164 e. The van der Waals surface area contributed by atoms with Crippen molar-refractivity contribution in [3.63, 3.8) is 0 Å². The number of nitrogen functional groups attached to an aromatic ring is 1. The number of nitrogens with two attached hydrogens (primary N) is 1. The Balaban J connectivity index is 1.50. The molecule has 1 aliphatic rings. The molecule has 164 valence electrons. The topological polar surface area (TPSA) is 82.1 Å². The molecule has 4 aromatic rings. The third kappa shape index (κ3) is 3.91. The predicted octanol–water partition coefficient (Wildman–Crippen LogP) is 4.91. The predicted molar refractivity (Wildman–Crippen MR) is 127 cm³/mol. The average molecular weight is 429 g/mol. The highest BCUT2D eigenvalue weighted by atomic mass is 16.5. The van der Waals surface area contributed by atoms with Crippen molar-refractivity contribution in [1.82, 2.24) is 24.6 Å². The molecule has 0 spiro atoms. The van der Waals surface area contributed by atoms with Gasteiger partial charge in [-0.3, -0.25) is 4.90 Å². The molecule has 0 amide bonds. The zero-order valence-corrected chi connectivity index (χ0v) is 18.5. The molecular weight excluding hydrogens is 400 g/mol. The van der Waals surface area contributed by atoms with Crippen LogP contribution in [0.2, 0.25) is 0 Å². The second-order valence-corrected chi connectivity index (χ2v) is 8.57. The van der Waals surface area contributed by atoms with Gasteiger partial charge in [0, 0.05) is 18.2 Å². The first-order valence-electron chi connectivity index (χ1n) is 11.2. The molecule has 0 saturated carbocycles. The fourth-order valence-corrected chi connectivity index (χ4v) is 4.41. The second kappa shape index (κ2) is 8.59. The molecule has 7 nitrogen and oxygen atoms in total. The third-order valence-electron chi connectivity index (χ3n) is 6.13. The molecule has 2 aromatic carbocycles. The number of benzene rings is 2. The Morgan fingerprint density at radius 2 is 1.75 bits per heavy atom. The maximum atomic E-state index is 6.31. The Labute approximate surface area is 187 Å². The third-order valence-corrected chi connectivity index (χ3v) is 6.13. The van der Waals surface area contributed by atoms with E-state index in [9.17, 15) is 0 Å². The van der Waals surface area contributed by atoms with E-state index in [2.05, 4.69) is 33.4 Å². The van der Waals surface area contributed by atoms with E-state index in [-0.39, 0.29) is 6.04 Å². The summed E-state index contributed by atoms with van der Waals surface area (Å²) in [6.07, 6.45) is 3.75. The van der Waals surface area contributed by atoms with Crippen LogP contribution in [0.5, 0.6) is 11.5 Å². The van der Waals surface area contributed by atoms with Gasteiger partial charge < -0.3 is 10.5 Å². The van der Waals surface area contributed by atoms with E-state index in [1.165, 1.54) is 6.33 Å². The highest BCUT2D eigenvalue weighted by Gasteiger charge is 2.27. The highest BCUT2D eigenvalue weighted by Crippen LogP contribution is 2.35. The Morgan fingerprint density at radius 3 is 2.50 bits per heavy atom. The summed E-state index contributed by atoms with van der Waals surface area (Å²) in [7, 11) is 0. The Kier molecular flexibility index (Phi) is 5.49. The number of hydrogen-bond donors (Lipinski definition) is 1. The molecule has 1 atom stereocenters. The van der Waals surface area contributed by atoms with Gasteiger partial charge in [0.2, 0.25) is 0 Å². The van der Waals surface area contributed by atoms with Gasteiger partial charge >= 0.3 is 0 Å². The lowest BCUT2D eigenvalue weighted by Gasteiger charge is -2.35. The normalized spacial score (nSPS) is 17.2. The summed E-state index contributed by atoms with van der Waals surface area (Å²) in [6.45, 7) is 6.57.